The summed E-state index contributed by atoms with van der Waals surface area (Å²) < 4.78 is 1.70. The van der Waals surface area contributed by atoms with E-state index in [4.69, 9.17) is 5.10 Å². The molecule has 1 aliphatic heterocycles. The molecule has 7 heteroatoms. The van der Waals surface area contributed by atoms with Gasteiger partial charge < -0.3 is 5.11 Å². The van der Waals surface area contributed by atoms with E-state index in [1.165, 1.54) is 30.2 Å². The minimum absolute atomic E-state index is 0.106. The zero-order valence-corrected chi connectivity index (χ0v) is 20.3. The smallest absolute Gasteiger partial charge is 0.293 e. The molecule has 1 atom stereocenters. The van der Waals surface area contributed by atoms with E-state index in [1.54, 1.807) is 16.5 Å². The van der Waals surface area contributed by atoms with Crippen molar-refractivity contribution < 1.29 is 14.6 Å². The number of benzene rings is 2. The zero-order valence-electron chi connectivity index (χ0n) is 19.5. The molecule has 1 amide bonds. The summed E-state index contributed by atoms with van der Waals surface area (Å²) in [5.41, 5.74) is 3.92. The average molecular weight is 463 g/mol. The maximum atomic E-state index is 13.2. The van der Waals surface area contributed by atoms with Crippen molar-refractivity contribution in [2.75, 3.05) is 10.7 Å². The molecule has 0 N–H and O–H groups in total. The Morgan fingerprint density at radius 2 is 1.85 bits per heavy atom. The number of nitrogens with zero attached hydrogens (tertiary/aromatic N) is 4. The predicted molar refractivity (Wildman–Crippen MR) is 129 cm³/mol. The summed E-state index contributed by atoms with van der Waals surface area (Å²) in [7, 11) is 0. The first-order valence-electron chi connectivity index (χ1n) is 11.7. The molecule has 0 fully saturated rings. The van der Waals surface area contributed by atoms with Crippen LogP contribution in [-0.2, 0) is 11.2 Å². The van der Waals surface area contributed by atoms with Crippen molar-refractivity contribution in [2.24, 2.45) is 0 Å². The van der Waals surface area contributed by atoms with Gasteiger partial charge in [-0.05, 0) is 42.7 Å². The number of carbonyl (C=O) groups excluding carboxylic acids is 1. The van der Waals surface area contributed by atoms with Crippen LogP contribution in [0.4, 0.5) is 5.69 Å². The Morgan fingerprint density at radius 1 is 1.09 bits per heavy atom. The van der Waals surface area contributed by atoms with Gasteiger partial charge in [0, 0.05) is 23.3 Å². The van der Waals surface area contributed by atoms with Crippen molar-refractivity contribution in [1.82, 2.24) is 10.1 Å². The Morgan fingerprint density at radius 3 is 2.55 bits per heavy atom. The first-order valence-corrected chi connectivity index (χ1v) is 12.6. The monoisotopic (exact) mass is 462 g/mol. The molecule has 1 unspecified atom stereocenters. The van der Waals surface area contributed by atoms with Crippen molar-refractivity contribution in [3.05, 3.63) is 59.7 Å². The number of anilines is 1. The Labute approximate surface area is 199 Å². The molecule has 2 aromatic carbocycles. The minimum Gasteiger partial charge on any atom is -0.854 e. The number of fused-ring (bicyclic) bond motifs is 3. The third-order valence-corrected chi connectivity index (χ3v) is 6.90. The highest BCUT2D eigenvalue weighted by atomic mass is 32.2. The van der Waals surface area contributed by atoms with E-state index in [1.807, 2.05) is 36.4 Å². The van der Waals surface area contributed by atoms with E-state index in [0.717, 1.165) is 30.6 Å². The number of hydrogen-bond acceptors (Lipinski definition) is 5. The van der Waals surface area contributed by atoms with E-state index in [2.05, 4.69) is 31.0 Å². The van der Waals surface area contributed by atoms with Crippen molar-refractivity contribution in [2.45, 2.75) is 64.2 Å². The normalized spacial score (nSPS) is 14.6. The second kappa shape index (κ2) is 10.3. The van der Waals surface area contributed by atoms with Crippen LogP contribution in [0.1, 0.15) is 63.7 Å². The van der Waals surface area contributed by atoms with Crippen LogP contribution in [0.25, 0.3) is 11.3 Å². The topological polar surface area (TPSA) is 73.0 Å². The average Bonchev–Trinajstić information content (AvgIpc) is 2.82. The number of aryl methyl sites for hydroxylation is 1. The Hall–Kier alpha value is -2.93. The molecule has 0 bridgehead atoms. The fraction of sp³-hybridized carbons (Fsp3) is 0.385. The largest absolute Gasteiger partial charge is 0.854 e. The molecule has 3 aromatic rings. The third-order valence-electron chi connectivity index (χ3n) is 5.97. The lowest BCUT2D eigenvalue weighted by Gasteiger charge is -2.32. The molecule has 33 heavy (non-hydrogen) atoms. The summed E-state index contributed by atoms with van der Waals surface area (Å²) in [4.78, 5) is 18.9. The van der Waals surface area contributed by atoms with Gasteiger partial charge in [-0.15, -0.1) is 0 Å². The van der Waals surface area contributed by atoms with Crippen LogP contribution in [0.15, 0.2) is 53.7 Å². The summed E-state index contributed by atoms with van der Waals surface area (Å²) in [6, 6.07) is 15.7. The number of thioether (sulfide) groups is 1. The van der Waals surface area contributed by atoms with Crippen LogP contribution in [0.2, 0.25) is 0 Å². The summed E-state index contributed by atoms with van der Waals surface area (Å²) in [6.45, 7) is 5.85. The zero-order chi connectivity index (χ0) is 23.4. The van der Waals surface area contributed by atoms with Crippen molar-refractivity contribution in [3.8, 4) is 17.1 Å². The predicted octanol–water partition coefficient (Wildman–Crippen LogP) is 4.65. The Kier molecular flexibility index (Phi) is 7.28. The lowest BCUT2D eigenvalue weighted by Crippen LogP contribution is -2.58. The van der Waals surface area contributed by atoms with Gasteiger partial charge in [0.25, 0.3) is 17.0 Å². The van der Waals surface area contributed by atoms with E-state index in [-0.39, 0.29) is 11.8 Å². The molecule has 172 valence electrons. The highest BCUT2D eigenvalue weighted by Crippen LogP contribution is 2.40. The van der Waals surface area contributed by atoms with Crippen LogP contribution in [0.3, 0.4) is 0 Å². The quantitative estimate of drug-likeness (QED) is 0.277. The lowest BCUT2D eigenvalue weighted by molar-refractivity contribution is -0.764. The molecular weight excluding hydrogens is 432 g/mol. The summed E-state index contributed by atoms with van der Waals surface area (Å²) in [5.74, 6) is 0.443. The molecular formula is C26H30N4O2S. The molecule has 0 saturated heterocycles. The lowest BCUT2D eigenvalue weighted by atomic mass is 10.0. The number of hydrogen-bond donors (Lipinski definition) is 0. The highest BCUT2D eigenvalue weighted by Gasteiger charge is 2.43. The number of rotatable bonds is 8. The summed E-state index contributed by atoms with van der Waals surface area (Å²) >= 11 is 1.51. The first-order chi connectivity index (χ1) is 16.0. The summed E-state index contributed by atoms with van der Waals surface area (Å²) in [6.07, 6.45) is 4.98. The molecule has 0 saturated carbocycles. The number of para-hydroxylation sites is 1. The van der Waals surface area contributed by atoms with E-state index in [9.17, 15) is 9.90 Å². The third kappa shape index (κ3) is 4.74. The standard InChI is InChI=1S/C26H30N4O2S/c1-4-6-7-10-17-33-26-27-24(32)23-21-11-8-9-12-22(21)29(18(3)31)25(30(23)28-26)20-15-13-19(5-2)14-16-20/h8-9,11-16,25H,4-7,10,17H2,1-3H3. The van der Waals surface area contributed by atoms with E-state index < -0.39 is 6.17 Å². The molecule has 0 radical (unpaired) electrons. The maximum absolute atomic E-state index is 13.2. The van der Waals surface area contributed by atoms with Crippen LogP contribution >= 0.6 is 11.8 Å². The fourth-order valence-corrected chi connectivity index (χ4v) is 5.08. The van der Waals surface area contributed by atoms with Gasteiger partial charge in [-0.3, -0.25) is 4.79 Å². The van der Waals surface area contributed by atoms with Crippen molar-refractivity contribution in [3.63, 3.8) is 0 Å². The van der Waals surface area contributed by atoms with Crippen LogP contribution in [0.5, 0.6) is 5.88 Å². The second-order valence-corrected chi connectivity index (χ2v) is 9.34. The van der Waals surface area contributed by atoms with Crippen LogP contribution in [0, 0.1) is 0 Å². The Balaban J connectivity index is 1.82. The molecule has 1 aromatic heterocycles. The van der Waals surface area contributed by atoms with Crippen molar-refractivity contribution >= 4 is 23.4 Å². The first kappa shape index (κ1) is 23.2. The number of unbranched alkanes of at least 4 members (excludes halogenated alkanes) is 3. The molecule has 6 nitrogen and oxygen atoms in total. The molecule has 4 rings (SSSR count). The van der Waals surface area contributed by atoms with E-state index in [0.29, 0.717) is 22.1 Å². The Bertz CT molecular complexity index is 1130. The number of aromatic nitrogens is 3. The minimum atomic E-state index is -0.548. The van der Waals surface area contributed by atoms with Crippen LogP contribution in [-0.4, -0.2) is 21.7 Å². The van der Waals surface area contributed by atoms with Gasteiger partial charge in [0.05, 0.1) is 17.1 Å². The number of amides is 1. The van der Waals surface area contributed by atoms with Gasteiger partial charge in [0.1, 0.15) is 0 Å². The molecule has 1 aliphatic rings. The summed E-state index contributed by atoms with van der Waals surface area (Å²) in [5, 5.41) is 18.5. The van der Waals surface area contributed by atoms with Gasteiger partial charge in [-0.1, -0.05) is 73.8 Å². The van der Waals surface area contributed by atoms with Gasteiger partial charge >= 0.3 is 0 Å². The highest BCUT2D eigenvalue weighted by molar-refractivity contribution is 7.99. The van der Waals surface area contributed by atoms with Crippen molar-refractivity contribution in [1.29, 1.82) is 0 Å². The van der Waals surface area contributed by atoms with Crippen LogP contribution < -0.4 is 14.7 Å². The SMILES string of the molecule is CCCCCCSc1nc([O-])c2[n+](n1)C(c1ccc(CC)cc1)N(C(C)=O)c1ccccc1-2. The van der Waals surface area contributed by atoms with E-state index >= 15 is 0 Å². The number of carbonyl (C=O) groups is 1. The second-order valence-electron chi connectivity index (χ2n) is 8.28. The molecule has 2 heterocycles. The van der Waals surface area contributed by atoms with Gasteiger partial charge in [-0.2, -0.15) is 0 Å². The van der Waals surface area contributed by atoms with Gasteiger partial charge in [0.15, 0.2) is 0 Å². The molecule has 0 spiro atoms. The fourth-order valence-electron chi connectivity index (χ4n) is 4.25. The van der Waals surface area contributed by atoms with Gasteiger partial charge in [0.2, 0.25) is 5.91 Å². The maximum Gasteiger partial charge on any atom is 0.293 e. The molecule has 0 aliphatic carbocycles. The van der Waals surface area contributed by atoms with Gasteiger partial charge in [-0.25, -0.2) is 9.88 Å².